The second kappa shape index (κ2) is 9.07. The summed E-state index contributed by atoms with van der Waals surface area (Å²) < 4.78 is 23.4. The van der Waals surface area contributed by atoms with Crippen molar-refractivity contribution in [3.8, 4) is 23.0 Å². The minimum atomic E-state index is -0.708. The molecule has 2 heterocycles. The first kappa shape index (κ1) is 21.9. The number of hydrogen-bond acceptors (Lipinski definition) is 9. The van der Waals surface area contributed by atoms with E-state index in [-0.39, 0.29) is 5.91 Å². The van der Waals surface area contributed by atoms with Crippen LogP contribution < -0.4 is 29.6 Å². The first-order chi connectivity index (χ1) is 16.0. The third kappa shape index (κ3) is 3.88. The molecule has 1 aliphatic rings. The standard InChI is InChI=1S/C22H24N6O5/c1-12-19(21(29)24-14-8-6-7-9-15(14)30-2)20(28-22(23-12)25-26-27-28)13-10-17(32-4)18(33-5)11-16(13)31-3/h6-11,20H,1-5H3,(H,24,29)(H,23,25,27). The predicted molar refractivity (Wildman–Crippen MR) is 120 cm³/mol. The molecule has 0 bridgehead atoms. The van der Waals surface area contributed by atoms with Crippen LogP contribution in [0.25, 0.3) is 0 Å². The number of fused-ring (bicyclic) bond motifs is 1. The molecule has 11 heteroatoms. The van der Waals surface area contributed by atoms with Gasteiger partial charge in [0, 0.05) is 17.3 Å². The molecule has 0 saturated heterocycles. The van der Waals surface area contributed by atoms with E-state index in [9.17, 15) is 4.79 Å². The third-order valence-corrected chi connectivity index (χ3v) is 5.34. The van der Waals surface area contributed by atoms with Gasteiger partial charge in [-0.1, -0.05) is 17.2 Å². The third-order valence-electron chi connectivity index (χ3n) is 5.34. The summed E-state index contributed by atoms with van der Waals surface area (Å²) in [6.45, 7) is 1.79. The van der Waals surface area contributed by atoms with Gasteiger partial charge >= 0.3 is 0 Å². The highest BCUT2D eigenvalue weighted by Crippen LogP contribution is 2.43. The van der Waals surface area contributed by atoms with Gasteiger partial charge < -0.3 is 29.6 Å². The zero-order valence-corrected chi connectivity index (χ0v) is 18.9. The molecule has 2 N–H and O–H groups in total. The van der Waals surface area contributed by atoms with Crippen molar-refractivity contribution < 1.29 is 23.7 Å². The number of anilines is 2. The molecule has 172 valence electrons. The van der Waals surface area contributed by atoms with Gasteiger partial charge in [-0.05, 0) is 35.5 Å². The topological polar surface area (TPSA) is 122 Å². The number of nitrogens with one attached hydrogen (secondary N) is 2. The average molecular weight is 452 g/mol. The Morgan fingerprint density at radius 3 is 2.33 bits per heavy atom. The fourth-order valence-electron chi connectivity index (χ4n) is 3.80. The van der Waals surface area contributed by atoms with Crippen LogP contribution in [0.1, 0.15) is 18.5 Å². The van der Waals surface area contributed by atoms with Crippen LogP contribution in [0, 0.1) is 0 Å². The lowest BCUT2D eigenvalue weighted by Crippen LogP contribution is -2.32. The van der Waals surface area contributed by atoms with E-state index in [1.54, 1.807) is 38.3 Å². The molecule has 0 saturated carbocycles. The Labute approximate surface area is 190 Å². The first-order valence-electron chi connectivity index (χ1n) is 10.0. The van der Waals surface area contributed by atoms with Crippen LogP contribution in [-0.4, -0.2) is 54.6 Å². The first-order valence-corrected chi connectivity index (χ1v) is 10.0. The molecule has 33 heavy (non-hydrogen) atoms. The van der Waals surface area contributed by atoms with Gasteiger partial charge in [-0.2, -0.15) is 4.68 Å². The van der Waals surface area contributed by atoms with E-state index in [0.29, 0.717) is 51.5 Å². The lowest BCUT2D eigenvalue weighted by atomic mass is 9.93. The van der Waals surface area contributed by atoms with Crippen LogP contribution in [0.15, 0.2) is 47.7 Å². The van der Waals surface area contributed by atoms with Crippen molar-refractivity contribution in [2.75, 3.05) is 39.1 Å². The molecule has 1 amide bonds. The number of aromatic nitrogens is 4. The number of tetrazole rings is 1. The lowest BCUT2D eigenvalue weighted by molar-refractivity contribution is -0.113. The van der Waals surface area contributed by atoms with E-state index < -0.39 is 6.04 Å². The monoisotopic (exact) mass is 452 g/mol. The quantitative estimate of drug-likeness (QED) is 0.557. The molecule has 11 nitrogen and oxygen atoms in total. The Balaban J connectivity index is 1.86. The highest BCUT2D eigenvalue weighted by Gasteiger charge is 2.36. The minimum Gasteiger partial charge on any atom is -0.496 e. The number of allylic oxidation sites excluding steroid dienone is 1. The SMILES string of the molecule is COc1ccccc1NC(=O)C1=C(C)Nc2nnnn2C1c1cc(OC)c(OC)cc1OC. The van der Waals surface area contributed by atoms with Crippen molar-refractivity contribution in [3.05, 3.63) is 53.2 Å². The summed E-state index contributed by atoms with van der Waals surface area (Å²) in [5.41, 5.74) is 2.14. The Hall–Kier alpha value is -4.28. The van der Waals surface area contributed by atoms with Gasteiger partial charge in [0.25, 0.3) is 5.91 Å². The minimum absolute atomic E-state index is 0.354. The van der Waals surface area contributed by atoms with Crippen molar-refractivity contribution in [1.29, 1.82) is 0 Å². The highest BCUT2D eigenvalue weighted by atomic mass is 16.5. The normalized spacial score (nSPS) is 14.8. The van der Waals surface area contributed by atoms with Crippen LogP contribution in [-0.2, 0) is 4.79 Å². The van der Waals surface area contributed by atoms with Gasteiger partial charge in [0.05, 0.1) is 39.7 Å². The van der Waals surface area contributed by atoms with E-state index in [4.69, 9.17) is 18.9 Å². The van der Waals surface area contributed by atoms with Gasteiger partial charge in [-0.3, -0.25) is 4.79 Å². The van der Waals surface area contributed by atoms with Gasteiger partial charge in [-0.15, -0.1) is 0 Å². The highest BCUT2D eigenvalue weighted by molar-refractivity contribution is 6.06. The second-order valence-corrected chi connectivity index (χ2v) is 7.12. The van der Waals surface area contributed by atoms with Crippen LogP contribution in [0.4, 0.5) is 11.6 Å². The molecule has 1 atom stereocenters. The van der Waals surface area contributed by atoms with Crippen molar-refractivity contribution in [1.82, 2.24) is 20.2 Å². The summed E-state index contributed by atoms with van der Waals surface area (Å²) >= 11 is 0. The number of rotatable bonds is 7. The number of carbonyl (C=O) groups excluding carboxylic acids is 1. The molecule has 1 aliphatic heterocycles. The largest absolute Gasteiger partial charge is 0.496 e. The number of benzene rings is 2. The van der Waals surface area contributed by atoms with E-state index in [1.807, 2.05) is 12.1 Å². The molecular formula is C22H24N6O5. The fourth-order valence-corrected chi connectivity index (χ4v) is 3.80. The summed E-state index contributed by atoms with van der Waals surface area (Å²) in [4.78, 5) is 13.6. The predicted octanol–water partition coefficient (Wildman–Crippen LogP) is 2.64. The summed E-state index contributed by atoms with van der Waals surface area (Å²) in [6, 6.07) is 9.91. The zero-order chi connectivity index (χ0) is 23.5. The van der Waals surface area contributed by atoms with E-state index in [0.717, 1.165) is 0 Å². The molecule has 0 radical (unpaired) electrons. The lowest BCUT2D eigenvalue weighted by Gasteiger charge is -2.29. The van der Waals surface area contributed by atoms with E-state index >= 15 is 0 Å². The van der Waals surface area contributed by atoms with E-state index in [2.05, 4.69) is 26.2 Å². The van der Waals surface area contributed by atoms with Crippen molar-refractivity contribution >= 4 is 17.5 Å². The Morgan fingerprint density at radius 1 is 0.970 bits per heavy atom. The maximum atomic E-state index is 13.6. The molecule has 0 aliphatic carbocycles. The maximum Gasteiger partial charge on any atom is 0.255 e. The van der Waals surface area contributed by atoms with Gasteiger partial charge in [0.15, 0.2) is 11.5 Å². The molecule has 2 aromatic carbocycles. The smallest absolute Gasteiger partial charge is 0.255 e. The van der Waals surface area contributed by atoms with Crippen LogP contribution in [0.2, 0.25) is 0 Å². The summed E-state index contributed by atoms with van der Waals surface area (Å²) in [5.74, 6) is 2.02. The number of carbonyl (C=O) groups is 1. The van der Waals surface area contributed by atoms with Gasteiger partial charge in [-0.25, -0.2) is 0 Å². The van der Waals surface area contributed by atoms with E-state index in [1.165, 1.54) is 26.0 Å². The van der Waals surface area contributed by atoms with Gasteiger partial charge in [0.1, 0.15) is 17.5 Å². The Bertz CT molecular complexity index is 1220. The van der Waals surface area contributed by atoms with Crippen molar-refractivity contribution in [3.63, 3.8) is 0 Å². The summed E-state index contributed by atoms with van der Waals surface area (Å²) in [5, 5.41) is 18.0. The molecule has 0 fully saturated rings. The molecular weight excluding hydrogens is 428 g/mol. The van der Waals surface area contributed by atoms with Crippen molar-refractivity contribution in [2.24, 2.45) is 0 Å². The summed E-state index contributed by atoms with van der Waals surface area (Å²) in [7, 11) is 6.16. The van der Waals surface area contributed by atoms with Crippen molar-refractivity contribution in [2.45, 2.75) is 13.0 Å². The van der Waals surface area contributed by atoms with Crippen LogP contribution in [0.5, 0.6) is 23.0 Å². The number of nitrogens with zero attached hydrogens (tertiary/aromatic N) is 4. The molecule has 1 aromatic heterocycles. The number of methoxy groups -OCH3 is 4. The number of para-hydroxylation sites is 2. The number of amides is 1. The Kier molecular flexibility index (Phi) is 6.03. The molecule has 0 spiro atoms. The number of hydrogen-bond donors (Lipinski definition) is 2. The maximum absolute atomic E-state index is 13.6. The second-order valence-electron chi connectivity index (χ2n) is 7.12. The number of ether oxygens (including phenoxy) is 4. The Morgan fingerprint density at radius 2 is 1.64 bits per heavy atom. The zero-order valence-electron chi connectivity index (χ0n) is 18.9. The summed E-state index contributed by atoms with van der Waals surface area (Å²) in [6.07, 6.45) is 0. The molecule has 4 rings (SSSR count). The van der Waals surface area contributed by atoms with Gasteiger partial charge in [0.2, 0.25) is 5.95 Å². The average Bonchev–Trinajstić information content (AvgIpc) is 3.30. The fraction of sp³-hybridized carbons (Fsp3) is 0.273. The molecule has 3 aromatic rings. The molecule has 1 unspecified atom stereocenters. The van der Waals surface area contributed by atoms with Crippen LogP contribution >= 0.6 is 0 Å². The van der Waals surface area contributed by atoms with Crippen LogP contribution in [0.3, 0.4) is 0 Å².